The van der Waals surface area contributed by atoms with Gasteiger partial charge in [-0.05, 0) is 25.0 Å². The molecule has 0 aliphatic carbocycles. The van der Waals surface area contributed by atoms with E-state index in [-0.39, 0.29) is 5.78 Å². The molecule has 0 unspecified atom stereocenters. The van der Waals surface area contributed by atoms with Crippen molar-refractivity contribution in [1.82, 2.24) is 4.98 Å². The molecule has 0 saturated carbocycles. The Kier molecular flexibility index (Phi) is 2.47. The molecule has 15 heavy (non-hydrogen) atoms. The minimum Gasteiger partial charge on any atom is -0.372 e. The molecule has 0 atom stereocenters. The number of nitrogens with zero attached hydrogens (tertiary/aromatic N) is 2. The highest BCUT2D eigenvalue weighted by molar-refractivity contribution is 6.02. The first-order valence-corrected chi connectivity index (χ1v) is 5.38. The van der Waals surface area contributed by atoms with Gasteiger partial charge in [0.25, 0.3) is 0 Å². The quantitative estimate of drug-likeness (QED) is 0.701. The summed E-state index contributed by atoms with van der Waals surface area (Å²) in [7, 11) is 2.03. The van der Waals surface area contributed by atoms with E-state index in [2.05, 4.69) is 22.9 Å². The van der Waals surface area contributed by atoms with Gasteiger partial charge in [0.1, 0.15) is 5.69 Å². The summed E-state index contributed by atoms with van der Waals surface area (Å²) in [6.45, 7) is 4.87. The van der Waals surface area contributed by atoms with E-state index in [4.69, 9.17) is 0 Å². The van der Waals surface area contributed by atoms with Crippen LogP contribution in [-0.2, 0) is 6.42 Å². The summed E-state index contributed by atoms with van der Waals surface area (Å²) in [5.74, 6) is 0.182. The Morgan fingerprint density at radius 3 is 2.93 bits per heavy atom. The molecule has 1 aromatic rings. The van der Waals surface area contributed by atoms with E-state index >= 15 is 0 Å². The van der Waals surface area contributed by atoms with Gasteiger partial charge in [0.05, 0.1) is 5.69 Å². The van der Waals surface area contributed by atoms with Gasteiger partial charge in [-0.25, -0.2) is 4.98 Å². The molecule has 0 saturated heterocycles. The maximum atomic E-state index is 11.8. The molecule has 0 amide bonds. The molecule has 2 heterocycles. The average molecular weight is 204 g/mol. The highest BCUT2D eigenvalue weighted by Gasteiger charge is 2.24. The van der Waals surface area contributed by atoms with Crippen LogP contribution in [0.4, 0.5) is 5.69 Å². The fourth-order valence-electron chi connectivity index (χ4n) is 2.12. The monoisotopic (exact) mass is 204 g/mol. The summed E-state index contributed by atoms with van der Waals surface area (Å²) >= 11 is 0. The van der Waals surface area contributed by atoms with Crippen molar-refractivity contribution in [1.29, 1.82) is 0 Å². The van der Waals surface area contributed by atoms with E-state index in [0.29, 0.717) is 12.1 Å². The molecular formula is C12H16N2O. The number of rotatable bonds is 1. The maximum absolute atomic E-state index is 11.8. The van der Waals surface area contributed by atoms with Crippen LogP contribution in [0.15, 0.2) is 6.07 Å². The molecule has 1 aromatic heterocycles. The van der Waals surface area contributed by atoms with Crippen molar-refractivity contribution >= 4 is 11.5 Å². The number of aromatic nitrogens is 1. The number of anilines is 1. The Bertz CT molecular complexity index is 412. The van der Waals surface area contributed by atoms with Crippen molar-refractivity contribution in [3.8, 4) is 0 Å². The summed E-state index contributed by atoms with van der Waals surface area (Å²) in [6.07, 6.45) is 1.53. The molecule has 3 heteroatoms. The van der Waals surface area contributed by atoms with E-state index in [0.717, 1.165) is 24.3 Å². The highest BCUT2D eigenvalue weighted by atomic mass is 16.1. The number of hydrogen-bond donors (Lipinski definition) is 0. The number of carbonyl (C=O) groups is 1. The Morgan fingerprint density at radius 2 is 2.27 bits per heavy atom. The van der Waals surface area contributed by atoms with Crippen LogP contribution in [0.3, 0.4) is 0 Å². The average Bonchev–Trinajstić information content (AvgIpc) is 2.22. The van der Waals surface area contributed by atoms with Crippen LogP contribution in [0, 0.1) is 6.92 Å². The molecule has 1 aliphatic heterocycles. The Morgan fingerprint density at radius 1 is 1.53 bits per heavy atom. The SMILES string of the molecule is CCc1cc(C)nc2c1N(C)CCC2=O. The Hall–Kier alpha value is -1.38. The third-order valence-electron chi connectivity index (χ3n) is 2.90. The zero-order valence-electron chi connectivity index (χ0n) is 9.50. The summed E-state index contributed by atoms with van der Waals surface area (Å²) in [5, 5.41) is 0. The third-order valence-corrected chi connectivity index (χ3v) is 2.90. The summed E-state index contributed by atoms with van der Waals surface area (Å²) < 4.78 is 0. The van der Waals surface area contributed by atoms with E-state index in [1.54, 1.807) is 0 Å². The molecule has 2 rings (SSSR count). The second-order valence-electron chi connectivity index (χ2n) is 4.07. The standard InChI is InChI=1S/C12H16N2O/c1-4-9-7-8(2)13-11-10(15)5-6-14(3)12(9)11/h7H,4-6H2,1-3H3. The highest BCUT2D eigenvalue weighted by Crippen LogP contribution is 2.29. The number of fused-ring (bicyclic) bond motifs is 1. The Balaban J connectivity index is 2.65. The lowest BCUT2D eigenvalue weighted by Gasteiger charge is -2.28. The van der Waals surface area contributed by atoms with Crippen LogP contribution < -0.4 is 4.90 Å². The molecule has 0 N–H and O–H groups in total. The topological polar surface area (TPSA) is 33.2 Å². The molecule has 80 valence electrons. The van der Waals surface area contributed by atoms with Crippen molar-refractivity contribution < 1.29 is 4.79 Å². The van der Waals surface area contributed by atoms with E-state index in [1.165, 1.54) is 5.56 Å². The predicted octanol–water partition coefficient (Wildman–Crippen LogP) is 1.98. The van der Waals surface area contributed by atoms with Crippen LogP contribution in [0.25, 0.3) is 0 Å². The van der Waals surface area contributed by atoms with Crippen molar-refractivity contribution in [3.63, 3.8) is 0 Å². The van der Waals surface area contributed by atoms with E-state index in [1.807, 2.05) is 14.0 Å². The normalized spacial score (nSPS) is 15.4. The largest absolute Gasteiger partial charge is 0.372 e. The van der Waals surface area contributed by atoms with Gasteiger partial charge in [0, 0.05) is 25.7 Å². The lowest BCUT2D eigenvalue weighted by atomic mass is 10.0. The second-order valence-corrected chi connectivity index (χ2v) is 4.07. The number of pyridine rings is 1. The van der Waals surface area contributed by atoms with Gasteiger partial charge in [-0.15, -0.1) is 0 Å². The number of aryl methyl sites for hydroxylation is 2. The van der Waals surface area contributed by atoms with Crippen molar-refractivity contribution in [2.45, 2.75) is 26.7 Å². The van der Waals surface area contributed by atoms with Gasteiger partial charge in [-0.2, -0.15) is 0 Å². The molecule has 0 aromatic carbocycles. The summed E-state index contributed by atoms with van der Waals surface area (Å²) in [5.41, 5.74) is 3.88. The first-order chi connectivity index (χ1) is 7.13. The number of Topliss-reactive ketones (excluding diaryl/α,β-unsaturated/α-hetero) is 1. The first-order valence-electron chi connectivity index (χ1n) is 5.38. The van der Waals surface area contributed by atoms with Crippen molar-refractivity contribution in [3.05, 3.63) is 23.0 Å². The van der Waals surface area contributed by atoms with Gasteiger partial charge in [0.2, 0.25) is 0 Å². The van der Waals surface area contributed by atoms with Gasteiger partial charge in [-0.3, -0.25) is 4.79 Å². The fraction of sp³-hybridized carbons (Fsp3) is 0.500. The fourth-order valence-corrected chi connectivity index (χ4v) is 2.12. The zero-order valence-corrected chi connectivity index (χ0v) is 9.50. The van der Waals surface area contributed by atoms with Gasteiger partial charge >= 0.3 is 0 Å². The zero-order chi connectivity index (χ0) is 11.0. The second kappa shape index (κ2) is 3.65. The summed E-state index contributed by atoms with van der Waals surface area (Å²) in [4.78, 5) is 18.3. The number of hydrogen-bond acceptors (Lipinski definition) is 3. The predicted molar refractivity (Wildman–Crippen MR) is 60.6 cm³/mol. The lowest BCUT2D eigenvalue weighted by Crippen LogP contribution is -2.30. The third kappa shape index (κ3) is 1.62. The molecule has 3 nitrogen and oxygen atoms in total. The molecular weight excluding hydrogens is 188 g/mol. The van der Waals surface area contributed by atoms with Gasteiger partial charge in [0.15, 0.2) is 5.78 Å². The molecule has 0 bridgehead atoms. The van der Waals surface area contributed by atoms with Gasteiger partial charge < -0.3 is 4.90 Å². The van der Waals surface area contributed by atoms with Crippen LogP contribution in [0.1, 0.15) is 35.1 Å². The maximum Gasteiger partial charge on any atom is 0.185 e. The van der Waals surface area contributed by atoms with Crippen LogP contribution >= 0.6 is 0 Å². The van der Waals surface area contributed by atoms with Crippen molar-refractivity contribution in [2.24, 2.45) is 0 Å². The van der Waals surface area contributed by atoms with E-state index in [9.17, 15) is 4.79 Å². The molecule has 0 fully saturated rings. The van der Waals surface area contributed by atoms with Crippen LogP contribution in [-0.4, -0.2) is 24.4 Å². The van der Waals surface area contributed by atoms with Crippen LogP contribution in [0.5, 0.6) is 0 Å². The first kappa shape index (κ1) is 10.1. The smallest absolute Gasteiger partial charge is 0.185 e. The Labute approximate surface area is 90.1 Å². The molecule has 0 radical (unpaired) electrons. The molecule has 0 spiro atoms. The number of ketones is 1. The molecule has 1 aliphatic rings. The van der Waals surface area contributed by atoms with Gasteiger partial charge in [-0.1, -0.05) is 6.92 Å². The van der Waals surface area contributed by atoms with Crippen LogP contribution in [0.2, 0.25) is 0 Å². The minimum atomic E-state index is 0.182. The lowest BCUT2D eigenvalue weighted by molar-refractivity contribution is 0.0975. The minimum absolute atomic E-state index is 0.182. The summed E-state index contributed by atoms with van der Waals surface area (Å²) in [6, 6.07) is 2.08. The number of carbonyl (C=O) groups excluding carboxylic acids is 1. The van der Waals surface area contributed by atoms with Crippen molar-refractivity contribution in [2.75, 3.05) is 18.5 Å². The van der Waals surface area contributed by atoms with E-state index < -0.39 is 0 Å².